The summed E-state index contributed by atoms with van der Waals surface area (Å²) in [6.45, 7) is 6.19. The lowest BCUT2D eigenvalue weighted by Crippen LogP contribution is -2.21. The Kier molecular flexibility index (Phi) is 8.30. The van der Waals surface area contributed by atoms with Gasteiger partial charge in [-0.15, -0.1) is 10.2 Å². The van der Waals surface area contributed by atoms with Crippen LogP contribution in [0.15, 0.2) is 95.2 Å². The number of anilines is 1. The van der Waals surface area contributed by atoms with Crippen LogP contribution in [0.1, 0.15) is 19.4 Å². The zero-order valence-electron chi connectivity index (χ0n) is 19.8. The van der Waals surface area contributed by atoms with Crippen molar-refractivity contribution >= 4 is 29.6 Å². The van der Waals surface area contributed by atoms with Gasteiger partial charge in [0.05, 0.1) is 12.0 Å². The number of thioether (sulfide) groups is 1. The number of rotatable bonds is 10. The van der Waals surface area contributed by atoms with Crippen molar-refractivity contribution in [3.8, 4) is 17.1 Å². The van der Waals surface area contributed by atoms with Gasteiger partial charge in [0.15, 0.2) is 11.0 Å². The molecule has 1 aromatic heterocycles. The van der Waals surface area contributed by atoms with Crippen LogP contribution < -0.4 is 10.3 Å². The molecule has 0 radical (unpaired) electrons. The standard InChI is InChI=1S/C27H28N6OS/c1-3-32(4-2)23-17-15-21(16-18-23)19-28-29-25(34)20-35-27-31-30-26(22-11-7-5-8-12-22)33(27)24-13-9-6-10-14-24/h5-19H,3-4,20H2,1-2H3,(H,29,34). The fourth-order valence-electron chi connectivity index (χ4n) is 3.65. The number of hydrogen-bond donors (Lipinski definition) is 1. The van der Waals surface area contributed by atoms with Crippen LogP contribution in [0.4, 0.5) is 5.69 Å². The summed E-state index contributed by atoms with van der Waals surface area (Å²) in [5, 5.41) is 13.5. The van der Waals surface area contributed by atoms with Gasteiger partial charge in [0.2, 0.25) is 0 Å². The zero-order valence-corrected chi connectivity index (χ0v) is 20.7. The molecule has 0 aliphatic carbocycles. The predicted molar refractivity (Wildman–Crippen MR) is 143 cm³/mol. The van der Waals surface area contributed by atoms with Crippen molar-refractivity contribution in [1.29, 1.82) is 0 Å². The molecule has 1 heterocycles. The number of hydrogen-bond acceptors (Lipinski definition) is 6. The zero-order chi connectivity index (χ0) is 24.5. The second-order valence-electron chi connectivity index (χ2n) is 7.69. The number of nitrogens with zero attached hydrogens (tertiary/aromatic N) is 5. The van der Waals surface area contributed by atoms with Gasteiger partial charge < -0.3 is 4.90 Å². The van der Waals surface area contributed by atoms with Crippen LogP contribution in [0.25, 0.3) is 17.1 Å². The van der Waals surface area contributed by atoms with Gasteiger partial charge in [0.1, 0.15) is 0 Å². The fourth-order valence-corrected chi connectivity index (χ4v) is 4.39. The van der Waals surface area contributed by atoms with E-state index < -0.39 is 0 Å². The summed E-state index contributed by atoms with van der Waals surface area (Å²) in [5.74, 6) is 0.679. The van der Waals surface area contributed by atoms with E-state index in [1.807, 2.05) is 77.4 Å². The lowest BCUT2D eigenvalue weighted by molar-refractivity contribution is -0.118. The Bertz CT molecular complexity index is 1250. The van der Waals surface area contributed by atoms with Gasteiger partial charge >= 0.3 is 0 Å². The van der Waals surface area contributed by atoms with Crippen LogP contribution in [0.3, 0.4) is 0 Å². The molecule has 178 valence electrons. The number of nitrogens with one attached hydrogen (secondary N) is 1. The van der Waals surface area contributed by atoms with Crippen molar-refractivity contribution in [3.05, 3.63) is 90.5 Å². The maximum absolute atomic E-state index is 12.4. The largest absolute Gasteiger partial charge is 0.372 e. The Balaban J connectivity index is 1.41. The van der Waals surface area contributed by atoms with Crippen molar-refractivity contribution in [2.24, 2.45) is 5.10 Å². The molecule has 0 atom stereocenters. The lowest BCUT2D eigenvalue weighted by atomic mass is 10.2. The monoisotopic (exact) mass is 484 g/mol. The highest BCUT2D eigenvalue weighted by molar-refractivity contribution is 7.99. The van der Waals surface area contributed by atoms with Crippen LogP contribution in [0.5, 0.6) is 0 Å². The molecule has 4 aromatic rings. The fraction of sp³-hybridized carbons (Fsp3) is 0.185. The highest BCUT2D eigenvalue weighted by Crippen LogP contribution is 2.27. The summed E-state index contributed by atoms with van der Waals surface area (Å²) in [5.41, 5.74) is 6.58. The molecule has 0 spiro atoms. The van der Waals surface area contributed by atoms with Gasteiger partial charge in [0.25, 0.3) is 5.91 Å². The number of benzene rings is 3. The number of aromatic nitrogens is 3. The normalized spacial score (nSPS) is 11.0. The molecule has 7 nitrogen and oxygen atoms in total. The van der Waals surface area contributed by atoms with Gasteiger partial charge in [-0.3, -0.25) is 9.36 Å². The van der Waals surface area contributed by atoms with Crippen molar-refractivity contribution in [2.75, 3.05) is 23.7 Å². The summed E-state index contributed by atoms with van der Waals surface area (Å²) in [7, 11) is 0. The maximum Gasteiger partial charge on any atom is 0.250 e. The van der Waals surface area contributed by atoms with Crippen molar-refractivity contribution < 1.29 is 4.79 Å². The lowest BCUT2D eigenvalue weighted by Gasteiger charge is -2.20. The summed E-state index contributed by atoms with van der Waals surface area (Å²) in [6.07, 6.45) is 1.65. The average Bonchev–Trinajstić information content (AvgIpc) is 3.34. The third-order valence-electron chi connectivity index (χ3n) is 5.44. The minimum absolute atomic E-state index is 0.165. The quantitative estimate of drug-likeness (QED) is 0.194. The molecular formula is C27H28N6OS. The smallest absolute Gasteiger partial charge is 0.250 e. The van der Waals surface area contributed by atoms with E-state index in [2.05, 4.69) is 51.6 Å². The Hall–Kier alpha value is -3.91. The van der Waals surface area contributed by atoms with Crippen molar-refractivity contribution in [2.45, 2.75) is 19.0 Å². The average molecular weight is 485 g/mol. The minimum Gasteiger partial charge on any atom is -0.372 e. The Morgan fingerprint density at radius 1 is 0.943 bits per heavy atom. The first-order valence-electron chi connectivity index (χ1n) is 11.6. The molecule has 4 rings (SSSR count). The summed E-state index contributed by atoms with van der Waals surface area (Å²) >= 11 is 1.32. The Morgan fingerprint density at radius 3 is 2.26 bits per heavy atom. The highest BCUT2D eigenvalue weighted by Gasteiger charge is 2.17. The SMILES string of the molecule is CCN(CC)c1ccc(C=NNC(=O)CSc2nnc(-c3ccccc3)n2-c2ccccc2)cc1. The molecular weight excluding hydrogens is 456 g/mol. The Morgan fingerprint density at radius 2 is 1.60 bits per heavy atom. The van der Waals surface area contributed by atoms with Crippen LogP contribution in [0, 0.1) is 0 Å². The van der Waals surface area contributed by atoms with Crippen LogP contribution in [-0.4, -0.2) is 45.7 Å². The number of hydrazone groups is 1. The molecule has 0 fully saturated rings. The molecule has 0 bridgehead atoms. The number of para-hydroxylation sites is 1. The summed E-state index contributed by atoms with van der Waals surface area (Å²) < 4.78 is 1.97. The van der Waals surface area contributed by atoms with Gasteiger partial charge in [-0.25, -0.2) is 5.43 Å². The molecule has 0 aliphatic rings. The molecule has 1 amide bonds. The molecule has 0 aliphatic heterocycles. The van der Waals surface area contributed by atoms with Gasteiger partial charge in [-0.05, 0) is 43.7 Å². The molecule has 0 saturated heterocycles. The summed E-state index contributed by atoms with van der Waals surface area (Å²) in [6, 6.07) is 27.9. The van der Waals surface area contributed by atoms with E-state index in [9.17, 15) is 4.79 Å². The second kappa shape index (κ2) is 12.0. The van der Waals surface area contributed by atoms with E-state index in [1.54, 1.807) is 6.21 Å². The van der Waals surface area contributed by atoms with Crippen molar-refractivity contribution in [1.82, 2.24) is 20.2 Å². The molecule has 1 N–H and O–H groups in total. The van der Waals surface area contributed by atoms with E-state index in [0.29, 0.717) is 5.16 Å². The molecule has 35 heavy (non-hydrogen) atoms. The number of carbonyl (C=O) groups excluding carboxylic acids is 1. The third-order valence-corrected chi connectivity index (χ3v) is 6.37. The first-order valence-corrected chi connectivity index (χ1v) is 12.5. The van der Waals surface area contributed by atoms with E-state index in [1.165, 1.54) is 17.4 Å². The van der Waals surface area contributed by atoms with E-state index in [-0.39, 0.29) is 11.7 Å². The third kappa shape index (κ3) is 6.16. The van der Waals surface area contributed by atoms with Crippen LogP contribution >= 0.6 is 11.8 Å². The van der Waals surface area contributed by atoms with Gasteiger partial charge in [-0.1, -0.05) is 72.4 Å². The Labute approximate surface area is 209 Å². The second-order valence-corrected chi connectivity index (χ2v) is 8.63. The van der Waals surface area contributed by atoms with E-state index in [4.69, 9.17) is 0 Å². The van der Waals surface area contributed by atoms with Crippen LogP contribution in [-0.2, 0) is 4.79 Å². The van der Waals surface area contributed by atoms with Gasteiger partial charge in [-0.2, -0.15) is 5.10 Å². The first-order chi connectivity index (χ1) is 17.2. The van der Waals surface area contributed by atoms with E-state index in [0.717, 1.165) is 35.7 Å². The molecule has 0 saturated carbocycles. The van der Waals surface area contributed by atoms with Crippen molar-refractivity contribution in [3.63, 3.8) is 0 Å². The first kappa shape index (κ1) is 24.2. The van der Waals surface area contributed by atoms with Gasteiger partial charge in [0, 0.05) is 30.0 Å². The highest BCUT2D eigenvalue weighted by atomic mass is 32.2. The molecule has 3 aromatic carbocycles. The predicted octanol–water partition coefficient (Wildman–Crippen LogP) is 5.02. The number of carbonyl (C=O) groups is 1. The number of amides is 1. The molecule has 0 unspecified atom stereocenters. The summed E-state index contributed by atoms with van der Waals surface area (Å²) in [4.78, 5) is 14.7. The minimum atomic E-state index is -0.213. The van der Waals surface area contributed by atoms with Crippen LogP contribution in [0.2, 0.25) is 0 Å². The maximum atomic E-state index is 12.4. The topological polar surface area (TPSA) is 75.4 Å². The van der Waals surface area contributed by atoms with E-state index >= 15 is 0 Å². The molecule has 8 heteroatoms.